The Morgan fingerprint density at radius 3 is 2.46 bits per heavy atom. The molecule has 5 nitrogen and oxygen atoms in total. The van der Waals surface area contributed by atoms with Crippen molar-refractivity contribution in [2.45, 2.75) is 19.4 Å². The molecule has 1 atom stereocenters. The molecule has 3 amide bonds. The van der Waals surface area contributed by atoms with Crippen molar-refractivity contribution in [3.63, 3.8) is 0 Å². The molecule has 1 saturated heterocycles. The Morgan fingerprint density at radius 2 is 1.88 bits per heavy atom. The highest BCUT2D eigenvalue weighted by molar-refractivity contribution is 7.14. The number of thiophene rings is 1. The number of rotatable bonds is 4. The van der Waals surface area contributed by atoms with Crippen LogP contribution in [0.2, 0.25) is 5.02 Å². The maximum Gasteiger partial charge on any atom is 0.325 e. The van der Waals surface area contributed by atoms with E-state index >= 15 is 0 Å². The van der Waals surface area contributed by atoms with Gasteiger partial charge in [0.1, 0.15) is 5.54 Å². The molecule has 0 bridgehead atoms. The zero-order valence-corrected chi connectivity index (χ0v) is 14.7. The standard InChI is InChI=1S/C17H15ClN2O3S/c1-10-3-8-14(24-10)13(21)9-20-15(22)17(2,19-16(20)23)11-4-6-12(18)7-5-11/h3-8H,9H2,1-2H3,(H,19,23). The number of hydrogen-bond donors (Lipinski definition) is 1. The molecule has 1 aromatic heterocycles. The molecule has 0 aliphatic carbocycles. The number of ketones is 1. The fraction of sp³-hybridized carbons (Fsp3) is 0.235. The molecule has 1 aliphatic rings. The van der Waals surface area contributed by atoms with E-state index in [-0.39, 0.29) is 12.3 Å². The minimum absolute atomic E-state index is 0.253. The first kappa shape index (κ1) is 16.7. The number of benzene rings is 1. The van der Waals surface area contributed by atoms with Gasteiger partial charge in [-0.1, -0.05) is 23.7 Å². The summed E-state index contributed by atoms with van der Waals surface area (Å²) in [5.74, 6) is -0.701. The van der Waals surface area contributed by atoms with Gasteiger partial charge in [0, 0.05) is 9.90 Å². The van der Waals surface area contributed by atoms with E-state index in [9.17, 15) is 14.4 Å². The number of amides is 3. The van der Waals surface area contributed by atoms with Crippen LogP contribution in [0.3, 0.4) is 0 Å². The molecular weight excluding hydrogens is 348 g/mol. The van der Waals surface area contributed by atoms with Crippen LogP contribution < -0.4 is 5.32 Å². The van der Waals surface area contributed by atoms with Crippen LogP contribution in [0.5, 0.6) is 0 Å². The smallest absolute Gasteiger partial charge is 0.319 e. The van der Waals surface area contributed by atoms with Crippen LogP contribution in [-0.2, 0) is 10.3 Å². The molecular formula is C17H15ClN2O3S. The lowest BCUT2D eigenvalue weighted by molar-refractivity contribution is -0.130. The molecule has 0 spiro atoms. The summed E-state index contributed by atoms with van der Waals surface area (Å²) in [4.78, 5) is 39.8. The number of carbonyl (C=O) groups is 3. The molecule has 2 aromatic rings. The van der Waals surface area contributed by atoms with E-state index in [1.54, 1.807) is 37.3 Å². The second-order valence-electron chi connectivity index (χ2n) is 5.79. The first-order valence-electron chi connectivity index (χ1n) is 7.31. The molecule has 124 valence electrons. The average Bonchev–Trinajstić information content (AvgIpc) is 3.06. The lowest BCUT2D eigenvalue weighted by Crippen LogP contribution is -2.41. The predicted octanol–water partition coefficient (Wildman–Crippen LogP) is 3.36. The van der Waals surface area contributed by atoms with Crippen LogP contribution in [0.15, 0.2) is 36.4 Å². The molecule has 1 unspecified atom stereocenters. The van der Waals surface area contributed by atoms with Crippen LogP contribution in [0.4, 0.5) is 4.79 Å². The number of hydrogen-bond acceptors (Lipinski definition) is 4. The minimum Gasteiger partial charge on any atom is -0.319 e. The molecule has 1 N–H and O–H groups in total. The maximum absolute atomic E-state index is 12.8. The zero-order chi connectivity index (χ0) is 17.5. The van der Waals surface area contributed by atoms with E-state index < -0.39 is 17.5 Å². The topological polar surface area (TPSA) is 66.5 Å². The van der Waals surface area contributed by atoms with Gasteiger partial charge in [0.15, 0.2) is 5.78 Å². The summed E-state index contributed by atoms with van der Waals surface area (Å²) in [5, 5.41) is 3.21. The Labute approximate surface area is 148 Å². The van der Waals surface area contributed by atoms with Gasteiger partial charge in [-0.25, -0.2) is 4.79 Å². The van der Waals surface area contributed by atoms with Gasteiger partial charge >= 0.3 is 6.03 Å². The second kappa shape index (κ2) is 6.03. The van der Waals surface area contributed by atoms with Gasteiger partial charge in [-0.15, -0.1) is 11.3 Å². The van der Waals surface area contributed by atoms with Gasteiger partial charge in [0.2, 0.25) is 0 Å². The number of aryl methyl sites for hydroxylation is 1. The van der Waals surface area contributed by atoms with Crippen LogP contribution in [0.1, 0.15) is 27.0 Å². The summed E-state index contributed by atoms with van der Waals surface area (Å²) in [7, 11) is 0. The predicted molar refractivity (Wildman–Crippen MR) is 92.4 cm³/mol. The van der Waals surface area contributed by atoms with E-state index in [1.165, 1.54) is 11.3 Å². The summed E-state index contributed by atoms with van der Waals surface area (Å²) in [6.07, 6.45) is 0. The summed E-state index contributed by atoms with van der Waals surface area (Å²) >= 11 is 7.22. The molecule has 0 radical (unpaired) electrons. The lowest BCUT2D eigenvalue weighted by atomic mass is 9.92. The molecule has 7 heteroatoms. The lowest BCUT2D eigenvalue weighted by Gasteiger charge is -2.22. The largest absolute Gasteiger partial charge is 0.325 e. The van der Waals surface area contributed by atoms with E-state index in [4.69, 9.17) is 11.6 Å². The first-order valence-corrected chi connectivity index (χ1v) is 8.50. The number of Topliss-reactive ketones (excluding diaryl/α,β-unsaturated/α-hetero) is 1. The SMILES string of the molecule is Cc1ccc(C(=O)CN2C(=O)NC(C)(c3ccc(Cl)cc3)C2=O)s1. The van der Waals surface area contributed by atoms with Gasteiger partial charge in [0.25, 0.3) is 5.91 Å². The van der Waals surface area contributed by atoms with Crippen molar-refractivity contribution in [3.05, 3.63) is 56.7 Å². The van der Waals surface area contributed by atoms with Gasteiger partial charge in [-0.2, -0.15) is 0 Å². The van der Waals surface area contributed by atoms with Gasteiger partial charge < -0.3 is 5.32 Å². The van der Waals surface area contributed by atoms with Crippen molar-refractivity contribution in [3.8, 4) is 0 Å². The summed E-state index contributed by atoms with van der Waals surface area (Å²) in [5.41, 5.74) is -0.583. The number of nitrogens with zero attached hydrogens (tertiary/aromatic N) is 1. The van der Waals surface area contributed by atoms with Gasteiger partial charge in [-0.05, 0) is 43.7 Å². The highest BCUT2D eigenvalue weighted by Crippen LogP contribution is 2.30. The molecule has 1 aliphatic heterocycles. The average molecular weight is 363 g/mol. The summed E-state index contributed by atoms with van der Waals surface area (Å²) in [6.45, 7) is 3.25. The number of imide groups is 1. The molecule has 2 heterocycles. The Kier molecular flexibility index (Phi) is 4.19. The third-order valence-electron chi connectivity index (χ3n) is 4.01. The van der Waals surface area contributed by atoms with Gasteiger partial charge in [-0.3, -0.25) is 14.5 Å². The Balaban J connectivity index is 1.83. The Bertz CT molecular complexity index is 831. The van der Waals surface area contributed by atoms with Crippen molar-refractivity contribution in [2.24, 2.45) is 0 Å². The number of halogens is 1. The minimum atomic E-state index is -1.20. The van der Waals surface area contributed by atoms with Crippen LogP contribution in [0, 0.1) is 6.92 Å². The third kappa shape index (κ3) is 2.83. The van der Waals surface area contributed by atoms with Crippen molar-refractivity contribution in [2.75, 3.05) is 6.54 Å². The van der Waals surface area contributed by atoms with Crippen LogP contribution in [0.25, 0.3) is 0 Å². The van der Waals surface area contributed by atoms with Crippen LogP contribution >= 0.6 is 22.9 Å². The Hall–Kier alpha value is -2.18. The monoisotopic (exact) mass is 362 g/mol. The fourth-order valence-electron chi connectivity index (χ4n) is 2.63. The highest BCUT2D eigenvalue weighted by atomic mass is 35.5. The van der Waals surface area contributed by atoms with Crippen molar-refractivity contribution >= 4 is 40.7 Å². The van der Waals surface area contributed by atoms with Crippen molar-refractivity contribution < 1.29 is 14.4 Å². The maximum atomic E-state index is 12.8. The van der Waals surface area contributed by atoms with E-state index in [0.717, 1.165) is 9.78 Å². The molecule has 24 heavy (non-hydrogen) atoms. The van der Waals surface area contributed by atoms with E-state index in [2.05, 4.69) is 5.32 Å². The van der Waals surface area contributed by atoms with Crippen molar-refractivity contribution in [1.29, 1.82) is 0 Å². The number of carbonyl (C=O) groups excluding carboxylic acids is 3. The van der Waals surface area contributed by atoms with Crippen molar-refractivity contribution in [1.82, 2.24) is 10.2 Å². The normalized spacial score (nSPS) is 20.4. The third-order valence-corrected chi connectivity index (χ3v) is 5.31. The number of urea groups is 1. The molecule has 0 saturated carbocycles. The molecule has 1 fully saturated rings. The van der Waals surface area contributed by atoms with E-state index in [0.29, 0.717) is 15.5 Å². The molecule has 3 rings (SSSR count). The zero-order valence-electron chi connectivity index (χ0n) is 13.1. The van der Waals surface area contributed by atoms with E-state index in [1.807, 2.05) is 13.0 Å². The number of nitrogens with one attached hydrogen (secondary N) is 1. The fourth-order valence-corrected chi connectivity index (χ4v) is 3.55. The molecule has 1 aromatic carbocycles. The quantitative estimate of drug-likeness (QED) is 0.670. The summed E-state index contributed by atoms with van der Waals surface area (Å²) in [6, 6.07) is 9.66. The Morgan fingerprint density at radius 1 is 1.21 bits per heavy atom. The highest BCUT2D eigenvalue weighted by Gasteiger charge is 2.49. The van der Waals surface area contributed by atoms with Crippen LogP contribution in [-0.4, -0.2) is 29.2 Å². The second-order valence-corrected chi connectivity index (χ2v) is 7.51. The summed E-state index contributed by atoms with van der Waals surface area (Å²) < 4.78 is 0. The van der Waals surface area contributed by atoms with Gasteiger partial charge in [0.05, 0.1) is 11.4 Å². The first-order chi connectivity index (χ1) is 11.3.